The number of halogens is 2. The molecule has 0 aromatic carbocycles. The normalized spacial score (nSPS) is 22.8. The van der Waals surface area contributed by atoms with Gasteiger partial charge in [0.1, 0.15) is 0 Å². The molecular formula is C7H15F2N. The van der Waals surface area contributed by atoms with Gasteiger partial charge in [-0.15, -0.1) is 0 Å². The predicted octanol–water partition coefficient (Wildman–Crippen LogP) is 2.03. The highest BCUT2D eigenvalue weighted by Crippen LogP contribution is 2.21. The van der Waals surface area contributed by atoms with Crippen molar-refractivity contribution in [3.8, 4) is 0 Å². The molecule has 1 rings (SSSR count). The minimum Gasteiger partial charge on any atom is -0.311 e. The maximum absolute atomic E-state index is 12.1. The van der Waals surface area contributed by atoms with Crippen LogP contribution in [-0.4, -0.2) is 19.0 Å². The topological polar surface area (TPSA) is 12.0 Å². The molecule has 3 heteroatoms. The smallest absolute Gasteiger partial charge is 0.260 e. The summed E-state index contributed by atoms with van der Waals surface area (Å²) in [6, 6.07) is 0. The highest BCUT2D eigenvalue weighted by molar-refractivity contribution is 4.74. The molecule has 0 aliphatic carbocycles. The molecule has 1 nitrogen and oxygen atoms in total. The second kappa shape index (κ2) is 4.61. The van der Waals surface area contributed by atoms with E-state index in [9.17, 15) is 8.78 Å². The Bertz CT molecular complexity index is 75.7. The summed E-state index contributed by atoms with van der Waals surface area (Å²) in [6.07, 6.45) is 0.660. The number of alkyl halides is 2. The van der Waals surface area contributed by atoms with Crippen molar-refractivity contribution >= 4 is 0 Å². The Kier molecular flexibility index (Phi) is 4.52. The van der Waals surface area contributed by atoms with Crippen LogP contribution in [0, 0.1) is 0 Å². The molecular weight excluding hydrogens is 136 g/mol. The first-order valence-corrected chi connectivity index (χ1v) is 3.79. The van der Waals surface area contributed by atoms with Crippen molar-refractivity contribution in [3.05, 3.63) is 0 Å². The Labute approximate surface area is 60.8 Å². The van der Waals surface area contributed by atoms with Crippen molar-refractivity contribution in [2.24, 2.45) is 0 Å². The number of hydrogen-bond acceptors (Lipinski definition) is 1. The van der Waals surface area contributed by atoms with Crippen molar-refractivity contribution in [3.63, 3.8) is 0 Å². The Hall–Kier alpha value is -0.180. The highest BCUT2D eigenvalue weighted by atomic mass is 19.3. The minimum absolute atomic E-state index is 0.0556. The van der Waals surface area contributed by atoms with Gasteiger partial charge < -0.3 is 5.32 Å². The Morgan fingerprint density at radius 3 is 2.10 bits per heavy atom. The molecule has 1 heterocycles. The third kappa shape index (κ3) is 3.77. The lowest BCUT2D eigenvalue weighted by molar-refractivity contribution is -0.0208. The van der Waals surface area contributed by atoms with Gasteiger partial charge in [-0.2, -0.15) is 0 Å². The predicted molar refractivity (Wildman–Crippen MR) is 38.4 cm³/mol. The molecule has 0 spiro atoms. The molecule has 1 saturated heterocycles. The van der Waals surface area contributed by atoms with Gasteiger partial charge in [-0.25, -0.2) is 8.78 Å². The first kappa shape index (κ1) is 9.82. The SMILES string of the molecule is CC.FC1(F)CCCNC1. The molecule has 0 unspecified atom stereocenters. The van der Waals surface area contributed by atoms with E-state index in [2.05, 4.69) is 5.32 Å². The maximum Gasteiger partial charge on any atom is 0.260 e. The van der Waals surface area contributed by atoms with Gasteiger partial charge >= 0.3 is 0 Å². The van der Waals surface area contributed by atoms with E-state index in [-0.39, 0.29) is 13.0 Å². The lowest BCUT2D eigenvalue weighted by Gasteiger charge is -2.21. The Balaban J connectivity index is 0.000000371. The van der Waals surface area contributed by atoms with E-state index in [0.29, 0.717) is 6.42 Å². The Morgan fingerprint density at radius 1 is 1.30 bits per heavy atom. The summed E-state index contributed by atoms with van der Waals surface area (Å²) >= 11 is 0. The van der Waals surface area contributed by atoms with E-state index < -0.39 is 5.92 Å². The lowest BCUT2D eigenvalue weighted by atomic mass is 10.1. The average Bonchev–Trinajstić information content (AvgIpc) is 1.92. The molecule has 0 bridgehead atoms. The summed E-state index contributed by atoms with van der Waals surface area (Å²) in [4.78, 5) is 0. The summed E-state index contributed by atoms with van der Waals surface area (Å²) in [5.74, 6) is -2.43. The van der Waals surface area contributed by atoms with E-state index in [0.717, 1.165) is 6.54 Å². The van der Waals surface area contributed by atoms with Gasteiger partial charge in [0.15, 0.2) is 0 Å². The van der Waals surface area contributed by atoms with Crippen LogP contribution < -0.4 is 5.32 Å². The van der Waals surface area contributed by atoms with Gasteiger partial charge in [0.2, 0.25) is 0 Å². The van der Waals surface area contributed by atoms with Crippen molar-refractivity contribution < 1.29 is 8.78 Å². The van der Waals surface area contributed by atoms with Crippen LogP contribution in [0.15, 0.2) is 0 Å². The van der Waals surface area contributed by atoms with Gasteiger partial charge in [0, 0.05) is 6.42 Å². The van der Waals surface area contributed by atoms with Crippen LogP contribution >= 0.6 is 0 Å². The first-order valence-electron chi connectivity index (χ1n) is 3.79. The van der Waals surface area contributed by atoms with Gasteiger partial charge in [0.25, 0.3) is 5.92 Å². The van der Waals surface area contributed by atoms with Gasteiger partial charge in [-0.3, -0.25) is 0 Å². The average molecular weight is 151 g/mol. The lowest BCUT2D eigenvalue weighted by Crippen LogP contribution is -2.38. The second-order valence-electron chi connectivity index (χ2n) is 2.14. The molecule has 1 fully saturated rings. The molecule has 62 valence electrons. The number of rotatable bonds is 0. The third-order valence-corrected chi connectivity index (χ3v) is 1.28. The van der Waals surface area contributed by atoms with E-state index in [1.165, 1.54) is 0 Å². The zero-order chi connectivity index (χ0) is 8.04. The van der Waals surface area contributed by atoms with Gasteiger partial charge in [-0.1, -0.05) is 13.8 Å². The monoisotopic (exact) mass is 151 g/mol. The van der Waals surface area contributed by atoms with Crippen molar-refractivity contribution in [1.82, 2.24) is 5.32 Å². The van der Waals surface area contributed by atoms with Crippen LogP contribution in [0.5, 0.6) is 0 Å². The molecule has 1 aliphatic rings. The van der Waals surface area contributed by atoms with Crippen LogP contribution in [-0.2, 0) is 0 Å². The fourth-order valence-electron chi connectivity index (χ4n) is 0.832. The quantitative estimate of drug-likeness (QED) is 0.558. The van der Waals surface area contributed by atoms with Crippen LogP contribution in [0.25, 0.3) is 0 Å². The third-order valence-electron chi connectivity index (χ3n) is 1.28. The molecule has 0 aromatic rings. The Morgan fingerprint density at radius 2 is 1.90 bits per heavy atom. The van der Waals surface area contributed by atoms with E-state index in [1.807, 2.05) is 13.8 Å². The zero-order valence-corrected chi connectivity index (χ0v) is 6.58. The van der Waals surface area contributed by atoms with E-state index in [1.54, 1.807) is 0 Å². The first-order chi connectivity index (χ1) is 4.71. The van der Waals surface area contributed by atoms with Crippen LogP contribution in [0.4, 0.5) is 8.78 Å². The molecule has 0 atom stereocenters. The van der Waals surface area contributed by atoms with Crippen molar-refractivity contribution in [1.29, 1.82) is 0 Å². The van der Waals surface area contributed by atoms with Crippen molar-refractivity contribution in [2.75, 3.05) is 13.1 Å². The second-order valence-corrected chi connectivity index (χ2v) is 2.14. The maximum atomic E-state index is 12.1. The fraction of sp³-hybridized carbons (Fsp3) is 1.00. The van der Waals surface area contributed by atoms with E-state index >= 15 is 0 Å². The number of nitrogens with one attached hydrogen (secondary N) is 1. The fourth-order valence-corrected chi connectivity index (χ4v) is 0.832. The molecule has 10 heavy (non-hydrogen) atoms. The van der Waals surface area contributed by atoms with Crippen LogP contribution in [0.1, 0.15) is 26.7 Å². The summed E-state index contributed by atoms with van der Waals surface area (Å²) in [5.41, 5.74) is 0. The molecule has 1 aliphatic heterocycles. The van der Waals surface area contributed by atoms with Crippen LogP contribution in [0.3, 0.4) is 0 Å². The van der Waals surface area contributed by atoms with Gasteiger partial charge in [-0.05, 0) is 13.0 Å². The molecule has 0 saturated carbocycles. The zero-order valence-electron chi connectivity index (χ0n) is 6.58. The van der Waals surface area contributed by atoms with Crippen LogP contribution in [0.2, 0.25) is 0 Å². The van der Waals surface area contributed by atoms with Gasteiger partial charge in [0.05, 0.1) is 6.54 Å². The van der Waals surface area contributed by atoms with Crippen molar-refractivity contribution in [2.45, 2.75) is 32.6 Å². The molecule has 0 aromatic heterocycles. The standard InChI is InChI=1S/C5H9F2N.C2H6/c6-5(7)2-1-3-8-4-5;1-2/h8H,1-4H2;1-2H3. The highest BCUT2D eigenvalue weighted by Gasteiger charge is 2.30. The number of hydrogen-bond donors (Lipinski definition) is 1. The summed E-state index contributed by atoms with van der Waals surface area (Å²) in [7, 11) is 0. The van der Waals surface area contributed by atoms with E-state index in [4.69, 9.17) is 0 Å². The molecule has 1 N–H and O–H groups in total. The summed E-state index contributed by atoms with van der Waals surface area (Å²) in [5, 5.41) is 2.62. The summed E-state index contributed by atoms with van der Waals surface area (Å²) in [6.45, 7) is 4.61. The minimum atomic E-state index is -2.43. The number of piperidine rings is 1. The largest absolute Gasteiger partial charge is 0.311 e. The molecule has 0 radical (unpaired) electrons. The summed E-state index contributed by atoms with van der Waals surface area (Å²) < 4.78 is 24.3. The molecule has 0 amide bonds.